The molecule has 3 rings (SSSR count). The molecule has 0 radical (unpaired) electrons. The van der Waals surface area contributed by atoms with Gasteiger partial charge < -0.3 is 4.90 Å². The highest BCUT2D eigenvalue weighted by Gasteiger charge is 2.44. The van der Waals surface area contributed by atoms with Crippen LogP contribution in [0, 0.1) is 0 Å². The van der Waals surface area contributed by atoms with Gasteiger partial charge in [-0.2, -0.15) is 0 Å². The Morgan fingerprint density at radius 3 is 2.45 bits per heavy atom. The monoisotopic (exact) mass is 273 g/mol. The number of rotatable bonds is 3. The van der Waals surface area contributed by atoms with E-state index in [0.717, 1.165) is 18.7 Å². The van der Waals surface area contributed by atoms with Crippen LogP contribution in [0.25, 0.3) is 0 Å². The first-order chi connectivity index (χ1) is 9.75. The SMILES string of the molecule is O=C1C[C@@H]([NH+]2CCCCC2)C(=O)N1Cc1ccccc1. The van der Waals surface area contributed by atoms with E-state index in [9.17, 15) is 9.59 Å². The Morgan fingerprint density at radius 2 is 1.75 bits per heavy atom. The van der Waals surface area contributed by atoms with E-state index in [0.29, 0.717) is 13.0 Å². The zero-order valence-electron chi connectivity index (χ0n) is 11.7. The van der Waals surface area contributed by atoms with E-state index in [1.54, 1.807) is 0 Å². The van der Waals surface area contributed by atoms with Crippen LogP contribution in [-0.2, 0) is 16.1 Å². The largest absolute Gasteiger partial charge is 0.324 e. The predicted molar refractivity (Wildman–Crippen MR) is 75.0 cm³/mol. The molecule has 4 heteroatoms. The Hall–Kier alpha value is -1.68. The topological polar surface area (TPSA) is 41.8 Å². The molecule has 0 saturated carbocycles. The normalized spacial score (nSPS) is 24.4. The minimum Gasteiger partial charge on any atom is -0.324 e. The van der Waals surface area contributed by atoms with Gasteiger partial charge in [-0.15, -0.1) is 0 Å². The maximum absolute atomic E-state index is 12.5. The molecular weight excluding hydrogens is 252 g/mol. The number of nitrogens with one attached hydrogen (secondary N) is 1. The Labute approximate surface area is 119 Å². The summed E-state index contributed by atoms with van der Waals surface area (Å²) < 4.78 is 0. The van der Waals surface area contributed by atoms with Gasteiger partial charge in [0.05, 0.1) is 26.1 Å². The average molecular weight is 273 g/mol. The van der Waals surface area contributed by atoms with E-state index in [-0.39, 0.29) is 17.9 Å². The number of hydrogen-bond acceptors (Lipinski definition) is 2. The van der Waals surface area contributed by atoms with Gasteiger partial charge in [0.25, 0.3) is 5.91 Å². The van der Waals surface area contributed by atoms with Crippen molar-refractivity contribution >= 4 is 11.8 Å². The number of quaternary nitrogens is 1. The number of amides is 2. The standard InChI is InChI=1S/C16H20N2O2/c19-15-11-14(17-9-5-2-6-10-17)16(20)18(15)12-13-7-3-1-4-8-13/h1,3-4,7-8,14H,2,5-6,9-12H2/p+1/t14-/m1/s1. The third-order valence-electron chi connectivity index (χ3n) is 4.42. The van der Waals surface area contributed by atoms with Crippen LogP contribution >= 0.6 is 0 Å². The van der Waals surface area contributed by atoms with Crippen LogP contribution in [0.5, 0.6) is 0 Å². The molecule has 0 aromatic heterocycles. The van der Waals surface area contributed by atoms with Gasteiger partial charge >= 0.3 is 0 Å². The molecule has 1 N–H and O–H groups in total. The molecule has 0 spiro atoms. The van der Waals surface area contributed by atoms with Crippen molar-refractivity contribution in [3.8, 4) is 0 Å². The number of hydrogen-bond donors (Lipinski definition) is 1. The van der Waals surface area contributed by atoms with Gasteiger partial charge in [0.2, 0.25) is 5.91 Å². The van der Waals surface area contributed by atoms with Crippen LogP contribution in [0.4, 0.5) is 0 Å². The second-order valence-corrected chi connectivity index (χ2v) is 5.78. The summed E-state index contributed by atoms with van der Waals surface area (Å²) in [4.78, 5) is 27.4. The summed E-state index contributed by atoms with van der Waals surface area (Å²) in [5.41, 5.74) is 1.02. The Bertz CT molecular complexity index is 494. The Balaban J connectivity index is 1.70. The summed E-state index contributed by atoms with van der Waals surface area (Å²) >= 11 is 0. The van der Waals surface area contributed by atoms with Crippen molar-refractivity contribution in [2.45, 2.75) is 38.3 Å². The lowest BCUT2D eigenvalue weighted by molar-refractivity contribution is -0.919. The Morgan fingerprint density at radius 1 is 1.05 bits per heavy atom. The summed E-state index contributed by atoms with van der Waals surface area (Å²) in [6, 6.07) is 9.61. The first kappa shape index (κ1) is 13.3. The highest BCUT2D eigenvalue weighted by atomic mass is 16.2. The molecule has 2 heterocycles. The van der Waals surface area contributed by atoms with Crippen molar-refractivity contribution in [1.29, 1.82) is 0 Å². The van der Waals surface area contributed by atoms with Gasteiger partial charge in [-0.3, -0.25) is 14.5 Å². The zero-order valence-corrected chi connectivity index (χ0v) is 11.7. The van der Waals surface area contributed by atoms with E-state index >= 15 is 0 Å². The lowest BCUT2D eigenvalue weighted by atomic mass is 10.1. The molecular formula is C16H21N2O2+. The number of carbonyl (C=O) groups excluding carboxylic acids is 2. The summed E-state index contributed by atoms with van der Waals surface area (Å²) in [6.07, 6.45) is 3.99. The lowest BCUT2D eigenvalue weighted by Gasteiger charge is -2.27. The second-order valence-electron chi connectivity index (χ2n) is 5.78. The molecule has 1 atom stereocenters. The number of benzene rings is 1. The molecule has 2 aliphatic rings. The lowest BCUT2D eigenvalue weighted by Crippen LogP contribution is -3.17. The quantitative estimate of drug-likeness (QED) is 0.809. The van der Waals surface area contributed by atoms with Gasteiger partial charge in [0.15, 0.2) is 6.04 Å². The van der Waals surface area contributed by atoms with Gasteiger partial charge in [0.1, 0.15) is 0 Å². The second kappa shape index (κ2) is 5.75. The van der Waals surface area contributed by atoms with E-state index in [4.69, 9.17) is 0 Å². The van der Waals surface area contributed by atoms with E-state index < -0.39 is 0 Å². The fourth-order valence-electron chi connectivity index (χ4n) is 3.29. The predicted octanol–water partition coefficient (Wildman–Crippen LogP) is 0.383. The van der Waals surface area contributed by atoms with Crippen molar-refractivity contribution in [1.82, 2.24) is 4.90 Å². The highest BCUT2D eigenvalue weighted by Crippen LogP contribution is 2.15. The minimum absolute atomic E-state index is 0.0121. The Kier molecular flexibility index (Phi) is 3.83. The number of carbonyl (C=O) groups is 2. The first-order valence-electron chi connectivity index (χ1n) is 7.48. The number of imide groups is 1. The zero-order chi connectivity index (χ0) is 13.9. The average Bonchev–Trinajstić information content (AvgIpc) is 2.77. The van der Waals surface area contributed by atoms with Crippen LogP contribution in [0.2, 0.25) is 0 Å². The third-order valence-corrected chi connectivity index (χ3v) is 4.42. The van der Waals surface area contributed by atoms with E-state index in [2.05, 4.69) is 0 Å². The van der Waals surface area contributed by atoms with Crippen LogP contribution in [-0.4, -0.2) is 35.8 Å². The van der Waals surface area contributed by atoms with Crippen molar-refractivity contribution in [2.75, 3.05) is 13.1 Å². The van der Waals surface area contributed by atoms with Crippen molar-refractivity contribution in [2.24, 2.45) is 0 Å². The molecule has 4 nitrogen and oxygen atoms in total. The molecule has 0 bridgehead atoms. The summed E-state index contributed by atoms with van der Waals surface area (Å²) in [5.74, 6) is 0.0117. The molecule has 1 aromatic carbocycles. The van der Waals surface area contributed by atoms with Crippen LogP contribution in [0.1, 0.15) is 31.2 Å². The van der Waals surface area contributed by atoms with Gasteiger partial charge in [-0.25, -0.2) is 0 Å². The molecule has 1 aromatic rings. The van der Waals surface area contributed by atoms with Gasteiger partial charge in [-0.1, -0.05) is 30.3 Å². The van der Waals surface area contributed by atoms with Crippen LogP contribution in [0.3, 0.4) is 0 Å². The highest BCUT2D eigenvalue weighted by molar-refractivity contribution is 6.04. The fourth-order valence-corrected chi connectivity index (χ4v) is 3.29. The summed E-state index contributed by atoms with van der Waals surface area (Å²) in [5, 5.41) is 0. The third kappa shape index (κ3) is 2.61. The maximum Gasteiger partial charge on any atom is 0.288 e. The van der Waals surface area contributed by atoms with Crippen LogP contribution in [0.15, 0.2) is 30.3 Å². The van der Waals surface area contributed by atoms with Crippen LogP contribution < -0.4 is 4.90 Å². The first-order valence-corrected chi connectivity index (χ1v) is 7.48. The number of nitrogens with zero attached hydrogens (tertiary/aromatic N) is 1. The molecule has 20 heavy (non-hydrogen) atoms. The van der Waals surface area contributed by atoms with E-state index in [1.807, 2.05) is 30.3 Å². The van der Waals surface area contributed by atoms with E-state index in [1.165, 1.54) is 29.1 Å². The van der Waals surface area contributed by atoms with Crippen molar-refractivity contribution < 1.29 is 14.5 Å². The molecule has 0 unspecified atom stereocenters. The molecule has 2 amide bonds. The number of likely N-dealkylation sites (tertiary alicyclic amines) is 2. The maximum atomic E-state index is 12.5. The van der Waals surface area contributed by atoms with Crippen molar-refractivity contribution in [3.05, 3.63) is 35.9 Å². The molecule has 2 saturated heterocycles. The molecule has 2 fully saturated rings. The molecule has 2 aliphatic heterocycles. The minimum atomic E-state index is -0.133. The summed E-state index contributed by atoms with van der Waals surface area (Å²) in [6.45, 7) is 2.48. The van der Waals surface area contributed by atoms with Gasteiger partial charge in [-0.05, 0) is 24.8 Å². The molecule has 0 aliphatic carbocycles. The van der Waals surface area contributed by atoms with Gasteiger partial charge in [0, 0.05) is 0 Å². The smallest absolute Gasteiger partial charge is 0.288 e. The fraction of sp³-hybridized carbons (Fsp3) is 0.500. The van der Waals surface area contributed by atoms with Crippen molar-refractivity contribution in [3.63, 3.8) is 0 Å². The number of piperidine rings is 1. The molecule has 106 valence electrons. The summed E-state index contributed by atoms with van der Waals surface area (Å²) in [7, 11) is 0.